The van der Waals surface area contributed by atoms with Crippen LogP contribution < -0.4 is 10.6 Å². The molecule has 3 N–H and O–H groups in total. The molecule has 2 aliphatic rings. The molecule has 3 heterocycles. The molecule has 0 spiro atoms. The van der Waals surface area contributed by atoms with Gasteiger partial charge in [0, 0.05) is 41.3 Å². The van der Waals surface area contributed by atoms with Crippen molar-refractivity contribution in [3.8, 4) is 0 Å². The third kappa shape index (κ3) is 8.13. The summed E-state index contributed by atoms with van der Waals surface area (Å²) in [6, 6.07) is 23.1. The lowest BCUT2D eigenvalue weighted by Crippen LogP contribution is -2.52. The van der Waals surface area contributed by atoms with Gasteiger partial charge in [-0.05, 0) is 67.5 Å². The van der Waals surface area contributed by atoms with Crippen LogP contribution in [0.2, 0.25) is 0 Å². The Bertz CT molecular complexity index is 1650. The molecule has 3 aromatic carbocycles. The topological polar surface area (TPSA) is 104 Å². The summed E-state index contributed by atoms with van der Waals surface area (Å²) in [7, 11) is 0. The molecule has 2 saturated heterocycles. The first kappa shape index (κ1) is 33.0. The van der Waals surface area contributed by atoms with Crippen LogP contribution in [0.3, 0.4) is 0 Å². The van der Waals surface area contributed by atoms with E-state index in [2.05, 4.69) is 15.6 Å². The molecule has 5 atom stereocenters. The predicted molar refractivity (Wildman–Crippen MR) is 180 cm³/mol. The molecule has 8 nitrogen and oxygen atoms in total. The monoisotopic (exact) mass is 656 g/mol. The van der Waals surface area contributed by atoms with Crippen LogP contribution in [0.15, 0.2) is 84.2 Å². The van der Waals surface area contributed by atoms with Crippen LogP contribution in [0.5, 0.6) is 0 Å². The summed E-state index contributed by atoms with van der Waals surface area (Å²) < 4.78 is 20.2. The zero-order chi connectivity index (χ0) is 32.8. The fraction of sp³-hybridized carbons (Fsp3) is 0.378. The zero-order valence-electron chi connectivity index (χ0n) is 26.5. The van der Waals surface area contributed by atoms with Gasteiger partial charge in [0.15, 0.2) is 0 Å². The van der Waals surface area contributed by atoms with Crippen LogP contribution in [0.4, 0.5) is 4.39 Å². The maximum atomic E-state index is 14.1. The average molecular weight is 657 g/mol. The van der Waals surface area contributed by atoms with E-state index in [9.17, 15) is 19.1 Å². The van der Waals surface area contributed by atoms with Gasteiger partial charge in [-0.3, -0.25) is 9.59 Å². The molecular formula is C37H41FN4O4S. The van der Waals surface area contributed by atoms with Crippen LogP contribution >= 0.6 is 11.3 Å². The molecule has 5 unspecified atom stereocenters. The minimum atomic E-state index is -0.929. The Kier molecular flexibility index (Phi) is 10.7. The minimum Gasteiger partial charge on any atom is -0.389 e. The minimum absolute atomic E-state index is 0.0829. The number of nitrogens with one attached hydrogen (secondary N) is 2. The number of aliphatic hydroxyl groups excluding tert-OH is 1. The Morgan fingerprint density at radius 3 is 2.49 bits per heavy atom. The molecule has 0 radical (unpaired) electrons. The van der Waals surface area contributed by atoms with E-state index in [1.165, 1.54) is 29.5 Å². The number of aliphatic hydroxyl groups is 1. The fourth-order valence-corrected chi connectivity index (χ4v) is 7.49. The molecule has 47 heavy (non-hydrogen) atoms. The summed E-state index contributed by atoms with van der Waals surface area (Å²) in [5.74, 6) is -0.722. The Balaban J connectivity index is 1.18. The van der Waals surface area contributed by atoms with Gasteiger partial charge in [0.05, 0.1) is 30.9 Å². The van der Waals surface area contributed by atoms with Crippen molar-refractivity contribution in [2.75, 3.05) is 13.1 Å². The van der Waals surface area contributed by atoms with Crippen LogP contribution in [-0.2, 0) is 24.4 Å². The highest BCUT2D eigenvalue weighted by Gasteiger charge is 2.36. The Hall–Kier alpha value is -3.96. The predicted octanol–water partition coefficient (Wildman–Crippen LogP) is 5.55. The van der Waals surface area contributed by atoms with Crippen molar-refractivity contribution in [2.24, 2.45) is 0 Å². The summed E-state index contributed by atoms with van der Waals surface area (Å²) >= 11 is 1.54. The second-order valence-electron chi connectivity index (χ2n) is 12.5. The number of hydrogen-bond acceptors (Lipinski definition) is 7. The van der Waals surface area contributed by atoms with E-state index in [-0.39, 0.29) is 40.8 Å². The van der Waals surface area contributed by atoms with E-state index in [4.69, 9.17) is 4.74 Å². The maximum Gasteiger partial charge on any atom is 0.254 e. The molecule has 0 aliphatic carbocycles. The average Bonchev–Trinajstić information content (AvgIpc) is 3.88. The van der Waals surface area contributed by atoms with Gasteiger partial charge in [-0.2, -0.15) is 0 Å². The van der Waals surface area contributed by atoms with Crippen molar-refractivity contribution >= 4 is 23.2 Å². The van der Waals surface area contributed by atoms with Crippen molar-refractivity contribution < 1.29 is 23.8 Å². The van der Waals surface area contributed by atoms with Gasteiger partial charge >= 0.3 is 0 Å². The molecule has 0 bridgehead atoms. The molecule has 2 aliphatic heterocycles. The molecule has 2 fully saturated rings. The molecule has 1 aromatic heterocycles. The number of benzene rings is 3. The van der Waals surface area contributed by atoms with Crippen LogP contribution in [0, 0.1) is 6.92 Å². The van der Waals surface area contributed by atoms with Crippen molar-refractivity contribution in [3.05, 3.63) is 123 Å². The van der Waals surface area contributed by atoms with Crippen molar-refractivity contribution in [2.45, 2.75) is 76.2 Å². The van der Waals surface area contributed by atoms with E-state index in [0.717, 1.165) is 34.7 Å². The number of carbonyl (C=O) groups excluding carboxylic acids is 2. The van der Waals surface area contributed by atoms with Crippen molar-refractivity contribution in [3.63, 3.8) is 0 Å². The van der Waals surface area contributed by atoms with Gasteiger partial charge in [0.1, 0.15) is 11.7 Å². The summed E-state index contributed by atoms with van der Waals surface area (Å²) in [5.41, 5.74) is 3.64. The standard InChI is InChI=1S/C37H41FN4O4S/c1-24-23-47-36(40-24)33-13-8-14-42(33)37(45)29-16-27(20-38)15-28(18-29)35(44)41-32(17-25-9-4-2-5-10-25)34(43)31-19-30(21-39-31)46-22-26-11-6-3-7-12-26/h2-7,9-12,15-16,18,23,30-34,39,43H,8,13-14,17,19-22H2,1H3,(H,41,44). The normalized spacial score (nSPS) is 20.7. The number of ether oxygens (including phenoxy) is 1. The summed E-state index contributed by atoms with van der Waals surface area (Å²) in [4.78, 5) is 34.0. The Morgan fingerprint density at radius 1 is 1.06 bits per heavy atom. The summed E-state index contributed by atoms with van der Waals surface area (Å²) in [5, 5.41) is 20.9. The molecule has 10 heteroatoms. The SMILES string of the molecule is Cc1csc(C2CCCN2C(=O)c2cc(CF)cc(C(=O)NC(Cc3ccccc3)C(O)C3CC(OCc4ccccc4)CN3)c2)n1. The number of likely N-dealkylation sites (tertiary alicyclic amines) is 1. The quantitative estimate of drug-likeness (QED) is 0.185. The highest BCUT2D eigenvalue weighted by Crippen LogP contribution is 2.35. The van der Waals surface area contributed by atoms with Gasteiger partial charge in [-0.15, -0.1) is 11.3 Å². The summed E-state index contributed by atoms with van der Waals surface area (Å²) in [6.07, 6.45) is 1.61. The molecular weight excluding hydrogens is 615 g/mol. The lowest BCUT2D eigenvalue weighted by molar-refractivity contribution is 0.0419. The smallest absolute Gasteiger partial charge is 0.254 e. The van der Waals surface area contributed by atoms with Gasteiger partial charge in [-0.1, -0.05) is 60.7 Å². The third-order valence-electron chi connectivity index (χ3n) is 8.98. The zero-order valence-corrected chi connectivity index (χ0v) is 27.3. The Morgan fingerprint density at radius 2 is 1.79 bits per heavy atom. The molecule has 246 valence electrons. The number of halogens is 1. The van der Waals surface area contributed by atoms with E-state index in [1.807, 2.05) is 73.0 Å². The Labute approximate surface area is 279 Å². The highest BCUT2D eigenvalue weighted by atomic mass is 32.1. The first-order chi connectivity index (χ1) is 22.9. The second-order valence-corrected chi connectivity index (χ2v) is 13.4. The van der Waals surface area contributed by atoms with Gasteiger partial charge in [0.25, 0.3) is 11.8 Å². The number of thiazole rings is 1. The fourth-order valence-electron chi connectivity index (χ4n) is 6.55. The molecule has 4 aromatic rings. The molecule has 0 saturated carbocycles. The van der Waals surface area contributed by atoms with Crippen molar-refractivity contribution in [1.29, 1.82) is 0 Å². The number of nitrogens with zero attached hydrogens (tertiary/aromatic N) is 2. The first-order valence-electron chi connectivity index (χ1n) is 16.2. The number of hydrogen-bond donors (Lipinski definition) is 3. The molecule has 2 amide bonds. The lowest BCUT2D eigenvalue weighted by atomic mass is 9.94. The van der Waals surface area contributed by atoms with Crippen LogP contribution in [0.25, 0.3) is 0 Å². The van der Waals surface area contributed by atoms with E-state index in [0.29, 0.717) is 32.5 Å². The van der Waals surface area contributed by atoms with E-state index < -0.39 is 24.7 Å². The first-order valence-corrected chi connectivity index (χ1v) is 17.1. The molecule has 6 rings (SSSR count). The van der Waals surface area contributed by atoms with Gasteiger partial charge in [-0.25, -0.2) is 9.37 Å². The summed E-state index contributed by atoms with van der Waals surface area (Å²) in [6.45, 7) is 2.75. The number of carbonyl (C=O) groups is 2. The number of amides is 2. The number of aromatic nitrogens is 1. The number of alkyl halides is 1. The second kappa shape index (κ2) is 15.3. The van der Waals surface area contributed by atoms with Crippen LogP contribution in [0.1, 0.15) is 73.4 Å². The maximum absolute atomic E-state index is 14.1. The highest BCUT2D eigenvalue weighted by molar-refractivity contribution is 7.09. The number of aryl methyl sites for hydroxylation is 1. The van der Waals surface area contributed by atoms with E-state index >= 15 is 0 Å². The van der Waals surface area contributed by atoms with Crippen molar-refractivity contribution in [1.82, 2.24) is 20.5 Å². The van der Waals surface area contributed by atoms with Crippen LogP contribution in [-0.4, -0.2) is 64.2 Å². The van der Waals surface area contributed by atoms with E-state index in [1.54, 1.807) is 4.90 Å². The van der Waals surface area contributed by atoms with Gasteiger partial charge < -0.3 is 25.4 Å². The number of rotatable bonds is 12. The third-order valence-corrected chi connectivity index (χ3v) is 10.0. The lowest BCUT2D eigenvalue weighted by Gasteiger charge is -2.29. The van der Waals surface area contributed by atoms with Gasteiger partial charge in [0.2, 0.25) is 0 Å². The largest absolute Gasteiger partial charge is 0.389 e.